The Morgan fingerprint density at radius 2 is 1.56 bits per heavy atom. The van der Waals surface area contributed by atoms with Gasteiger partial charge in [-0.1, -0.05) is 30.3 Å². The Bertz CT molecular complexity index is 433. The lowest BCUT2D eigenvalue weighted by Crippen LogP contribution is -2.23. The number of hydrogen-bond acceptors (Lipinski definition) is 2. The second-order valence-electron chi connectivity index (χ2n) is 4.36. The van der Waals surface area contributed by atoms with E-state index in [1.54, 1.807) is 0 Å². The van der Waals surface area contributed by atoms with Crippen molar-refractivity contribution in [1.29, 1.82) is 0 Å². The van der Waals surface area contributed by atoms with Gasteiger partial charge in [0.15, 0.2) is 0 Å². The van der Waals surface area contributed by atoms with Gasteiger partial charge in [0.1, 0.15) is 0 Å². The predicted molar refractivity (Wildman–Crippen MR) is 61.5 cm³/mol. The average molecular weight is 242 g/mol. The van der Waals surface area contributed by atoms with Gasteiger partial charge in [-0.2, -0.15) is 8.42 Å². The van der Waals surface area contributed by atoms with Crippen LogP contribution in [-0.2, 0) is 10.2 Å². The van der Waals surface area contributed by atoms with Crippen molar-refractivity contribution in [3.05, 3.63) is 35.9 Å². The summed E-state index contributed by atoms with van der Waals surface area (Å²) in [5, 5.41) is -0.771. The first-order valence-corrected chi connectivity index (χ1v) is 7.00. The van der Waals surface area contributed by atoms with E-state index in [9.17, 15) is 12.3 Å². The Morgan fingerprint density at radius 3 is 2.06 bits per heavy atom. The molecule has 2 rings (SSSR count). The van der Waals surface area contributed by atoms with Crippen molar-refractivity contribution in [3.8, 4) is 0 Å². The molecule has 88 valence electrons. The summed E-state index contributed by atoms with van der Waals surface area (Å²) in [6.07, 6.45) is 2.41. The summed E-state index contributed by atoms with van der Waals surface area (Å²) in [6, 6.07) is 10.0. The fourth-order valence-electron chi connectivity index (χ4n) is 2.40. The number of rotatable bonds is 2. The van der Waals surface area contributed by atoms with Gasteiger partial charge < -0.3 is 0 Å². The van der Waals surface area contributed by atoms with Gasteiger partial charge in [0.2, 0.25) is 0 Å². The Balaban J connectivity index is 2.01. The van der Waals surface area contributed by atoms with Gasteiger partial charge in [-0.15, -0.1) is 3.89 Å². The van der Waals surface area contributed by atoms with Crippen LogP contribution < -0.4 is 0 Å². The number of halogens is 1. The standard InChI is InChI=1S/C12H15FO2S/c13-16(14,15)12-8-6-11(7-9-12)10-4-2-1-3-5-10/h1-5,11-12H,6-9H2. The molecular weight excluding hydrogens is 227 g/mol. The second-order valence-corrected chi connectivity index (χ2v) is 5.98. The van der Waals surface area contributed by atoms with Crippen LogP contribution in [0.1, 0.15) is 37.2 Å². The Morgan fingerprint density at radius 1 is 1.00 bits per heavy atom. The molecule has 1 aromatic rings. The first-order chi connectivity index (χ1) is 7.57. The maximum Gasteiger partial charge on any atom is 0.305 e. The lowest BCUT2D eigenvalue weighted by molar-refractivity contribution is 0.423. The zero-order valence-corrected chi connectivity index (χ0v) is 9.79. The maximum atomic E-state index is 12.8. The molecule has 1 aromatic carbocycles. The lowest BCUT2D eigenvalue weighted by Gasteiger charge is -2.26. The van der Waals surface area contributed by atoms with E-state index in [1.807, 2.05) is 18.2 Å². The minimum absolute atomic E-state index is 0.388. The number of benzene rings is 1. The van der Waals surface area contributed by atoms with Crippen LogP contribution in [0.25, 0.3) is 0 Å². The molecule has 1 aliphatic carbocycles. The van der Waals surface area contributed by atoms with Crippen molar-refractivity contribution < 1.29 is 12.3 Å². The summed E-state index contributed by atoms with van der Waals surface area (Å²) in [5.74, 6) is 0.388. The summed E-state index contributed by atoms with van der Waals surface area (Å²) in [7, 11) is -4.33. The minimum Gasteiger partial charge on any atom is -0.195 e. The molecule has 1 fully saturated rings. The topological polar surface area (TPSA) is 34.1 Å². The highest BCUT2D eigenvalue weighted by Crippen LogP contribution is 2.35. The van der Waals surface area contributed by atoms with Crippen molar-refractivity contribution in [1.82, 2.24) is 0 Å². The molecule has 0 aliphatic heterocycles. The summed E-state index contributed by atoms with van der Waals surface area (Å²) in [6.45, 7) is 0. The third-order valence-electron chi connectivity index (χ3n) is 3.34. The van der Waals surface area contributed by atoms with Crippen molar-refractivity contribution in [2.75, 3.05) is 0 Å². The molecule has 0 spiro atoms. The van der Waals surface area contributed by atoms with Crippen molar-refractivity contribution in [2.45, 2.75) is 36.9 Å². The fraction of sp³-hybridized carbons (Fsp3) is 0.500. The van der Waals surface area contributed by atoms with Crippen LogP contribution in [0.3, 0.4) is 0 Å². The average Bonchev–Trinajstić information content (AvgIpc) is 2.29. The van der Waals surface area contributed by atoms with Gasteiger partial charge in [-0.3, -0.25) is 0 Å². The first kappa shape index (κ1) is 11.6. The molecule has 0 aromatic heterocycles. The first-order valence-electron chi connectivity index (χ1n) is 5.56. The van der Waals surface area contributed by atoms with E-state index >= 15 is 0 Å². The highest BCUT2D eigenvalue weighted by molar-refractivity contribution is 7.87. The van der Waals surface area contributed by atoms with Gasteiger partial charge in [-0.25, -0.2) is 0 Å². The quantitative estimate of drug-likeness (QED) is 0.747. The van der Waals surface area contributed by atoms with Crippen LogP contribution in [0.5, 0.6) is 0 Å². The molecular formula is C12H15FO2S. The van der Waals surface area contributed by atoms with Gasteiger partial charge in [0, 0.05) is 0 Å². The molecule has 2 nitrogen and oxygen atoms in total. The van der Waals surface area contributed by atoms with Crippen LogP contribution in [0, 0.1) is 0 Å². The van der Waals surface area contributed by atoms with Crippen LogP contribution in [0.15, 0.2) is 30.3 Å². The minimum atomic E-state index is -4.33. The highest BCUT2D eigenvalue weighted by atomic mass is 32.3. The van der Waals surface area contributed by atoms with Crippen molar-refractivity contribution in [3.63, 3.8) is 0 Å². The molecule has 0 N–H and O–H groups in total. The van der Waals surface area contributed by atoms with Crippen LogP contribution in [0.2, 0.25) is 0 Å². The third-order valence-corrected chi connectivity index (χ3v) is 4.61. The lowest BCUT2D eigenvalue weighted by atomic mass is 9.84. The highest BCUT2D eigenvalue weighted by Gasteiger charge is 2.30. The molecule has 16 heavy (non-hydrogen) atoms. The summed E-state index contributed by atoms with van der Waals surface area (Å²) in [4.78, 5) is 0. The predicted octanol–water partition coefficient (Wildman–Crippen LogP) is 3.01. The maximum absolute atomic E-state index is 12.8. The molecule has 0 amide bonds. The third kappa shape index (κ3) is 2.61. The van der Waals surface area contributed by atoms with E-state index in [0.29, 0.717) is 18.8 Å². The SMILES string of the molecule is O=S(=O)(F)C1CCC(c2ccccc2)CC1. The summed E-state index contributed by atoms with van der Waals surface area (Å²) >= 11 is 0. The number of hydrogen-bond donors (Lipinski definition) is 0. The monoisotopic (exact) mass is 242 g/mol. The normalized spacial score (nSPS) is 26.6. The summed E-state index contributed by atoms with van der Waals surface area (Å²) in [5.41, 5.74) is 1.23. The van der Waals surface area contributed by atoms with Crippen molar-refractivity contribution in [2.24, 2.45) is 0 Å². The molecule has 1 saturated carbocycles. The van der Waals surface area contributed by atoms with Crippen LogP contribution in [0.4, 0.5) is 3.89 Å². The van der Waals surface area contributed by atoms with E-state index in [1.165, 1.54) is 5.56 Å². The van der Waals surface area contributed by atoms with E-state index < -0.39 is 15.5 Å². The van der Waals surface area contributed by atoms with Crippen LogP contribution >= 0.6 is 0 Å². The Labute approximate surface area is 95.7 Å². The second kappa shape index (κ2) is 4.53. The molecule has 0 radical (unpaired) electrons. The Kier molecular flexibility index (Phi) is 3.28. The molecule has 0 unspecified atom stereocenters. The largest absolute Gasteiger partial charge is 0.305 e. The zero-order chi connectivity index (χ0) is 11.6. The van der Waals surface area contributed by atoms with Gasteiger partial charge in [0.05, 0.1) is 5.25 Å². The molecule has 0 bridgehead atoms. The molecule has 4 heteroatoms. The summed E-state index contributed by atoms with van der Waals surface area (Å²) < 4.78 is 34.3. The van der Waals surface area contributed by atoms with Gasteiger partial charge >= 0.3 is 10.2 Å². The molecule has 1 aliphatic rings. The smallest absolute Gasteiger partial charge is 0.195 e. The Hall–Kier alpha value is -0.900. The van der Waals surface area contributed by atoms with E-state index in [0.717, 1.165) is 12.8 Å². The van der Waals surface area contributed by atoms with Gasteiger partial charge in [0.25, 0.3) is 0 Å². The van der Waals surface area contributed by atoms with Gasteiger partial charge in [-0.05, 0) is 37.2 Å². The molecule has 0 heterocycles. The fourth-order valence-corrected chi connectivity index (χ4v) is 3.24. The zero-order valence-electron chi connectivity index (χ0n) is 8.97. The van der Waals surface area contributed by atoms with E-state index in [2.05, 4.69) is 12.1 Å². The molecule has 0 saturated heterocycles. The van der Waals surface area contributed by atoms with E-state index in [4.69, 9.17) is 0 Å². The van der Waals surface area contributed by atoms with E-state index in [-0.39, 0.29) is 0 Å². The van der Waals surface area contributed by atoms with Crippen LogP contribution in [-0.4, -0.2) is 13.7 Å². The molecule has 0 atom stereocenters. The van der Waals surface area contributed by atoms with Crippen molar-refractivity contribution >= 4 is 10.2 Å².